The lowest BCUT2D eigenvalue weighted by Gasteiger charge is -2.37. The number of imidazole rings is 2. The number of aromatic nitrogens is 4. The van der Waals surface area contributed by atoms with Crippen molar-refractivity contribution < 1.29 is 28.6 Å². The first kappa shape index (κ1) is 38.2. The number of likely N-dealkylation sites (tertiary alicyclic amines) is 2. The Hall–Kier alpha value is -5.69. The van der Waals surface area contributed by atoms with Gasteiger partial charge in [-0.15, -0.1) is 0 Å². The lowest BCUT2D eigenvalue weighted by Crippen LogP contribution is -2.56. The summed E-state index contributed by atoms with van der Waals surface area (Å²) in [4.78, 5) is 59.2. The molecule has 1 aliphatic carbocycles. The molecule has 6 atom stereocenters. The number of ether oxygens (including phenoxy) is 3. The summed E-state index contributed by atoms with van der Waals surface area (Å²) in [5.41, 5.74) is 5.45. The largest absolute Gasteiger partial charge is 0.453 e. The van der Waals surface area contributed by atoms with Gasteiger partial charge in [0, 0.05) is 25.3 Å². The normalized spacial score (nSPS) is 21.5. The van der Waals surface area contributed by atoms with Gasteiger partial charge in [-0.1, -0.05) is 48.5 Å². The fourth-order valence-corrected chi connectivity index (χ4v) is 8.83. The third-order valence-corrected chi connectivity index (χ3v) is 11.8. The number of carbonyl (C=O) groups excluding carboxylic acids is 3. The van der Waals surface area contributed by atoms with Gasteiger partial charge in [0.2, 0.25) is 5.91 Å². The number of carbonyl (C=O) groups is 3. The van der Waals surface area contributed by atoms with Gasteiger partial charge in [-0.25, -0.2) is 19.6 Å². The number of amides is 3. The number of hydrogen-bond donors (Lipinski definition) is 3. The number of benzene rings is 3. The van der Waals surface area contributed by atoms with Crippen molar-refractivity contribution in [2.45, 2.75) is 95.7 Å². The summed E-state index contributed by atoms with van der Waals surface area (Å²) in [7, 11) is 2.81. The number of piperidine rings is 1. The minimum Gasteiger partial charge on any atom is -0.453 e. The molecule has 3 aliphatic rings. The van der Waals surface area contributed by atoms with E-state index < -0.39 is 23.8 Å². The zero-order chi connectivity index (χ0) is 40.0. The number of nitrogens with one attached hydrogen (secondary N) is 3. The number of hydrogen-bond acceptors (Lipinski definition) is 8. The van der Waals surface area contributed by atoms with Crippen LogP contribution in [0.15, 0.2) is 73.1 Å². The summed E-state index contributed by atoms with van der Waals surface area (Å²) in [6.45, 7) is 8.07. The molecule has 3 N–H and O–H groups in total. The second-order valence-electron chi connectivity index (χ2n) is 16.5. The van der Waals surface area contributed by atoms with E-state index >= 15 is 0 Å². The van der Waals surface area contributed by atoms with Crippen LogP contribution in [0.25, 0.3) is 44.4 Å². The number of aromatic amines is 2. The molecule has 0 unspecified atom stereocenters. The Labute approximate surface area is 332 Å². The van der Waals surface area contributed by atoms with E-state index in [1.54, 1.807) is 11.8 Å². The third-order valence-electron chi connectivity index (χ3n) is 11.8. The number of alkyl carbamates (subject to hydrolysis) is 1. The lowest BCUT2D eigenvalue weighted by molar-refractivity contribution is -0.141. The van der Waals surface area contributed by atoms with Crippen LogP contribution in [0.3, 0.4) is 0 Å². The van der Waals surface area contributed by atoms with Gasteiger partial charge in [-0.2, -0.15) is 0 Å². The van der Waals surface area contributed by atoms with E-state index in [-0.39, 0.29) is 36.0 Å². The SMILES string of the molecule is COC(=O)N[C@H](C(=O)N1[C@@H]2CC[C@@H](C2)[C@H]1c1ncc(-c2ccc(-c3ccc4cc(-c5cnc([C@@H]6CCCN6C(=O)OC(C)(C)C)[nH]5)ccc4c3)cc2)[nH]1)[C@@H](C)OC. The van der Waals surface area contributed by atoms with Crippen molar-refractivity contribution in [2.24, 2.45) is 5.92 Å². The van der Waals surface area contributed by atoms with E-state index in [2.05, 4.69) is 80.9 Å². The fourth-order valence-electron chi connectivity index (χ4n) is 8.83. The minimum atomic E-state index is -0.880. The Morgan fingerprint density at radius 3 is 2.16 bits per heavy atom. The summed E-state index contributed by atoms with van der Waals surface area (Å²) in [6, 6.07) is 20.1. The van der Waals surface area contributed by atoms with E-state index in [0.717, 1.165) is 88.2 Å². The summed E-state index contributed by atoms with van der Waals surface area (Å²) in [6.07, 6.45) is 6.76. The topological polar surface area (TPSA) is 155 Å². The predicted molar refractivity (Wildman–Crippen MR) is 216 cm³/mol. The molecule has 3 fully saturated rings. The zero-order valence-corrected chi connectivity index (χ0v) is 33.4. The van der Waals surface area contributed by atoms with Gasteiger partial charge in [0.25, 0.3) is 0 Å². The first-order chi connectivity index (χ1) is 27.4. The second kappa shape index (κ2) is 15.3. The fraction of sp³-hybridized carbons (Fsp3) is 0.432. The number of nitrogens with zero attached hydrogens (tertiary/aromatic N) is 4. The van der Waals surface area contributed by atoms with Crippen molar-refractivity contribution in [1.82, 2.24) is 35.1 Å². The summed E-state index contributed by atoms with van der Waals surface area (Å²) in [5, 5.41) is 4.93. The van der Waals surface area contributed by atoms with Gasteiger partial charge in [0.1, 0.15) is 23.3 Å². The highest BCUT2D eigenvalue weighted by atomic mass is 16.6. The molecule has 0 radical (unpaired) electrons. The molecule has 1 saturated carbocycles. The summed E-state index contributed by atoms with van der Waals surface area (Å²) >= 11 is 0. The molecule has 8 rings (SSSR count). The van der Waals surface area contributed by atoms with Crippen LogP contribution in [-0.2, 0) is 19.0 Å². The standard InChI is InChI=1S/C44H51N7O6/c1-25(55-5)37(49-42(53)56-6)41(52)51-33-18-17-32(22-33)38(51)40-46-23-34(48-40)27-11-9-26(10-12-27)28-13-14-30-21-31(16-15-29(30)20-28)35-24-45-39(47-35)36-8-7-19-50(36)43(54)57-44(2,3)4/h9-16,20-21,23-25,32-33,36-38H,7-8,17-19,22H2,1-6H3,(H,45,47)(H,46,48)(H,49,53)/t25-,32+,33-,36+,37+,38+/m1/s1. The molecular weight excluding hydrogens is 723 g/mol. The van der Waals surface area contributed by atoms with Crippen LogP contribution in [0.4, 0.5) is 9.59 Å². The maximum atomic E-state index is 14.0. The predicted octanol–water partition coefficient (Wildman–Crippen LogP) is 8.17. The van der Waals surface area contributed by atoms with Gasteiger partial charge in [-0.3, -0.25) is 9.69 Å². The monoisotopic (exact) mass is 773 g/mol. The molecule has 13 nitrogen and oxygen atoms in total. The third kappa shape index (κ3) is 7.60. The maximum Gasteiger partial charge on any atom is 0.410 e. The van der Waals surface area contributed by atoms with Crippen molar-refractivity contribution in [3.8, 4) is 33.6 Å². The van der Waals surface area contributed by atoms with E-state index in [0.29, 0.717) is 6.54 Å². The van der Waals surface area contributed by atoms with Crippen LogP contribution >= 0.6 is 0 Å². The first-order valence-corrected chi connectivity index (χ1v) is 19.8. The molecule has 5 aromatic rings. The van der Waals surface area contributed by atoms with Crippen LogP contribution in [-0.4, -0.2) is 92.4 Å². The van der Waals surface area contributed by atoms with Crippen molar-refractivity contribution in [3.05, 3.63) is 84.7 Å². The maximum absolute atomic E-state index is 14.0. The van der Waals surface area contributed by atoms with Crippen molar-refractivity contribution in [2.75, 3.05) is 20.8 Å². The van der Waals surface area contributed by atoms with Gasteiger partial charge in [0.15, 0.2) is 0 Å². The van der Waals surface area contributed by atoms with Gasteiger partial charge in [0.05, 0.1) is 49.1 Å². The smallest absolute Gasteiger partial charge is 0.410 e. The zero-order valence-electron chi connectivity index (χ0n) is 33.4. The highest BCUT2D eigenvalue weighted by Gasteiger charge is 2.52. The van der Waals surface area contributed by atoms with Crippen LogP contribution in [0.2, 0.25) is 0 Å². The average molecular weight is 774 g/mol. The molecule has 4 heterocycles. The van der Waals surface area contributed by atoms with Crippen LogP contribution < -0.4 is 5.32 Å². The molecule has 2 bridgehead atoms. The first-order valence-electron chi connectivity index (χ1n) is 19.8. The quantitative estimate of drug-likeness (QED) is 0.136. The molecular formula is C44H51N7O6. The second-order valence-corrected chi connectivity index (χ2v) is 16.5. The molecule has 2 aliphatic heterocycles. The lowest BCUT2D eigenvalue weighted by atomic mass is 9.96. The Morgan fingerprint density at radius 2 is 1.46 bits per heavy atom. The van der Waals surface area contributed by atoms with E-state index in [9.17, 15) is 14.4 Å². The van der Waals surface area contributed by atoms with Crippen molar-refractivity contribution in [3.63, 3.8) is 0 Å². The molecule has 0 spiro atoms. The number of fused-ring (bicyclic) bond motifs is 3. The molecule has 3 aromatic carbocycles. The van der Waals surface area contributed by atoms with Crippen molar-refractivity contribution >= 4 is 28.9 Å². The number of H-pyrrole nitrogens is 2. The summed E-state index contributed by atoms with van der Waals surface area (Å²) in [5.74, 6) is 1.62. The van der Waals surface area contributed by atoms with Crippen LogP contribution in [0.5, 0.6) is 0 Å². The van der Waals surface area contributed by atoms with Gasteiger partial charge in [-0.05, 0) is 105 Å². The number of methoxy groups -OCH3 is 2. The van der Waals surface area contributed by atoms with E-state index in [1.165, 1.54) is 14.2 Å². The van der Waals surface area contributed by atoms with E-state index in [1.807, 2.05) is 38.1 Å². The Kier molecular flexibility index (Phi) is 10.3. The van der Waals surface area contributed by atoms with Crippen molar-refractivity contribution in [1.29, 1.82) is 0 Å². The highest BCUT2D eigenvalue weighted by Crippen LogP contribution is 2.50. The number of rotatable bonds is 9. The Balaban J connectivity index is 0.963. The molecule has 3 amide bonds. The van der Waals surface area contributed by atoms with Gasteiger partial charge < -0.3 is 34.4 Å². The molecule has 2 saturated heterocycles. The average Bonchev–Trinajstić information content (AvgIpc) is 4.06. The molecule has 2 aromatic heterocycles. The Morgan fingerprint density at radius 1 is 0.825 bits per heavy atom. The summed E-state index contributed by atoms with van der Waals surface area (Å²) < 4.78 is 15.9. The van der Waals surface area contributed by atoms with Crippen LogP contribution in [0.1, 0.15) is 83.5 Å². The van der Waals surface area contributed by atoms with E-state index in [4.69, 9.17) is 19.2 Å². The molecule has 57 heavy (non-hydrogen) atoms. The Bertz CT molecular complexity index is 2280. The molecule has 13 heteroatoms. The highest BCUT2D eigenvalue weighted by molar-refractivity contribution is 5.91. The van der Waals surface area contributed by atoms with Gasteiger partial charge >= 0.3 is 12.2 Å². The van der Waals surface area contributed by atoms with Crippen LogP contribution in [0, 0.1) is 5.92 Å². The minimum absolute atomic E-state index is 0.0820. The molecule has 298 valence electrons.